The third-order valence-corrected chi connectivity index (χ3v) is 12.7. The Morgan fingerprint density at radius 3 is 2.11 bits per heavy atom. The smallest absolute Gasteiger partial charge is 0.303 e. The van der Waals surface area contributed by atoms with Gasteiger partial charge in [0.1, 0.15) is 26.8 Å². The largest absolute Gasteiger partial charge is 0.744 e. The zero-order valence-corrected chi connectivity index (χ0v) is 33.2. The maximum absolute atomic E-state index is 12.1. The van der Waals surface area contributed by atoms with Gasteiger partial charge < -0.3 is 23.8 Å². The maximum Gasteiger partial charge on any atom is 0.303 e. The molecule has 2 aromatic rings. The minimum absolute atomic E-state index is 0.00932. The van der Waals surface area contributed by atoms with Crippen LogP contribution < -0.4 is 4.90 Å². The third-order valence-electron chi connectivity index (χ3n) is 10.2. The number of hydrogen-bond acceptors (Lipinski definition) is 11. The first-order valence-corrected chi connectivity index (χ1v) is 21.9. The van der Waals surface area contributed by atoms with E-state index in [0.717, 1.165) is 11.4 Å². The fourth-order valence-corrected chi connectivity index (χ4v) is 8.98. The summed E-state index contributed by atoms with van der Waals surface area (Å²) in [4.78, 5) is 12.4. The summed E-state index contributed by atoms with van der Waals surface area (Å²) in [5.74, 6) is -1.43. The first-order valence-electron chi connectivity index (χ1n) is 17.5. The van der Waals surface area contributed by atoms with Crippen molar-refractivity contribution in [1.82, 2.24) is 0 Å². The average molecular weight is 808 g/mol. The predicted molar refractivity (Wildman–Crippen MR) is 201 cm³/mol. The van der Waals surface area contributed by atoms with Gasteiger partial charge in [-0.1, -0.05) is 18.2 Å². The molecule has 0 aromatic heterocycles. The molecule has 2 aliphatic rings. The van der Waals surface area contributed by atoms with Crippen molar-refractivity contribution < 1.29 is 58.1 Å². The Balaban J connectivity index is 1.78. The van der Waals surface area contributed by atoms with Crippen molar-refractivity contribution in [2.24, 2.45) is 0 Å². The van der Waals surface area contributed by atoms with Gasteiger partial charge in [-0.3, -0.25) is 9.35 Å². The van der Waals surface area contributed by atoms with E-state index in [0.29, 0.717) is 67.9 Å². The quantitative estimate of drug-likeness (QED) is 0.0827. The fourth-order valence-electron chi connectivity index (χ4n) is 7.48. The number of unbranched alkanes of at least 4 members (excludes halogenated alkanes) is 2. The Kier molecular flexibility index (Phi) is 13.5. The van der Waals surface area contributed by atoms with Gasteiger partial charge in [0.2, 0.25) is 5.69 Å². The van der Waals surface area contributed by atoms with Crippen LogP contribution >= 0.6 is 0 Å². The number of likely N-dealkylation sites (N-methyl/N-ethyl adjacent to an activating group) is 1. The van der Waals surface area contributed by atoms with Gasteiger partial charge in [-0.05, 0) is 94.8 Å². The second-order valence-corrected chi connectivity index (χ2v) is 18.2. The molecule has 0 saturated carbocycles. The number of carboxylic acid groups (broad SMARTS) is 1. The number of anilines is 1. The van der Waals surface area contributed by atoms with E-state index < -0.39 is 57.8 Å². The van der Waals surface area contributed by atoms with Crippen LogP contribution in [0.15, 0.2) is 82.3 Å². The summed E-state index contributed by atoms with van der Waals surface area (Å²) in [6.45, 7) is 7.07. The molecule has 2 atom stereocenters. The van der Waals surface area contributed by atoms with Crippen LogP contribution in [0.5, 0.6) is 0 Å². The molecule has 4 rings (SSSR count). The molecule has 0 bridgehead atoms. The van der Waals surface area contributed by atoms with Crippen LogP contribution in [0.4, 0.5) is 11.4 Å². The lowest BCUT2D eigenvalue weighted by atomic mass is 9.76. The second kappa shape index (κ2) is 17.0. The van der Waals surface area contributed by atoms with E-state index in [-0.39, 0.29) is 24.2 Å². The summed E-state index contributed by atoms with van der Waals surface area (Å²) in [7, 11) is -12.3. The SMILES string of the molecule is CCN1/C(=C/C=C/C=C/C2=[N+](CCCCCC(=O)O)c3ccc(S(=O)(=O)[O-])cc3C2(C)CCCS(=O)(=O)O)C(C)(CCOC)c2cc(S(=O)(=O)[O-])ccc21. The van der Waals surface area contributed by atoms with E-state index in [9.17, 15) is 43.7 Å². The number of fused-ring (bicyclic) bond motifs is 2. The van der Waals surface area contributed by atoms with E-state index in [1.54, 1.807) is 31.4 Å². The fraction of sp³-hybridized carbons (Fsp3) is 0.459. The zero-order chi connectivity index (χ0) is 40.1. The lowest BCUT2D eigenvalue weighted by Gasteiger charge is -2.29. The summed E-state index contributed by atoms with van der Waals surface area (Å²) < 4.78 is 112. The van der Waals surface area contributed by atoms with E-state index >= 15 is 0 Å². The highest BCUT2D eigenvalue weighted by Gasteiger charge is 2.48. The minimum atomic E-state index is -4.83. The van der Waals surface area contributed by atoms with Crippen LogP contribution in [0.25, 0.3) is 0 Å². The molecule has 14 nitrogen and oxygen atoms in total. The van der Waals surface area contributed by atoms with Crippen molar-refractivity contribution in [2.75, 3.05) is 37.5 Å². The van der Waals surface area contributed by atoms with Gasteiger partial charge in [0.25, 0.3) is 10.1 Å². The van der Waals surface area contributed by atoms with Crippen LogP contribution in [0.2, 0.25) is 0 Å². The Bertz CT molecular complexity index is 2210. The monoisotopic (exact) mass is 807 g/mol. The molecule has 17 heteroatoms. The standard InChI is InChI=1S/C37H48N2O12S3/c1-5-38-31-18-16-27(53(45,46)47)25-29(31)37(3,21-23-51-4)33(38)13-8-6-9-14-34-36(2,20-12-24-52(42,43)44)30-26-28(54(48,49)50)17-19-32(30)39(34)22-11-7-10-15-35(40)41/h6,8-9,13-14,16-19,25-26H,5,7,10-12,15,20-24H2,1-4H3,(H3-,40,41,42,43,44,45,46,47,48,49,50)/p-1. The minimum Gasteiger partial charge on any atom is -0.744 e. The Morgan fingerprint density at radius 1 is 0.870 bits per heavy atom. The molecule has 2 N–H and O–H groups in total. The number of nitrogens with zero attached hydrogens (tertiary/aromatic N) is 2. The molecule has 0 radical (unpaired) electrons. The van der Waals surface area contributed by atoms with E-state index in [1.807, 2.05) is 48.5 Å². The van der Waals surface area contributed by atoms with Crippen LogP contribution in [-0.2, 0) is 50.7 Å². The highest BCUT2D eigenvalue weighted by Crippen LogP contribution is 2.50. The molecular weight excluding hydrogens is 761 g/mol. The number of carbonyl (C=O) groups is 1. The molecule has 0 saturated heterocycles. The molecule has 0 spiro atoms. The molecule has 296 valence electrons. The van der Waals surface area contributed by atoms with E-state index in [4.69, 9.17) is 9.84 Å². The Morgan fingerprint density at radius 2 is 1.52 bits per heavy atom. The molecule has 2 aromatic carbocycles. The lowest BCUT2D eigenvalue weighted by Crippen LogP contribution is -2.32. The summed E-state index contributed by atoms with van der Waals surface area (Å²) in [6, 6.07) is 8.45. The Labute approximate surface area is 317 Å². The van der Waals surface area contributed by atoms with Gasteiger partial charge in [0.15, 0.2) is 5.71 Å². The van der Waals surface area contributed by atoms with Gasteiger partial charge in [-0.25, -0.2) is 16.8 Å². The van der Waals surface area contributed by atoms with Crippen LogP contribution in [0, 0.1) is 0 Å². The zero-order valence-electron chi connectivity index (χ0n) is 30.7. The lowest BCUT2D eigenvalue weighted by molar-refractivity contribution is -0.438. The summed E-state index contributed by atoms with van der Waals surface area (Å²) in [5.41, 5.74) is 2.42. The van der Waals surface area contributed by atoms with Gasteiger partial charge in [0.05, 0.1) is 21.0 Å². The van der Waals surface area contributed by atoms with Crippen LogP contribution in [0.3, 0.4) is 0 Å². The molecule has 0 amide bonds. The second-order valence-electron chi connectivity index (χ2n) is 13.8. The third kappa shape index (κ3) is 9.74. The number of rotatable bonds is 19. The van der Waals surface area contributed by atoms with Crippen molar-refractivity contribution in [2.45, 2.75) is 86.3 Å². The first kappa shape index (κ1) is 43.0. The van der Waals surface area contributed by atoms with Crippen molar-refractivity contribution in [3.8, 4) is 0 Å². The molecule has 0 aliphatic carbocycles. The number of aliphatic carboxylic acids is 1. The van der Waals surface area contributed by atoms with Crippen LogP contribution in [0.1, 0.15) is 76.8 Å². The highest BCUT2D eigenvalue weighted by molar-refractivity contribution is 7.86. The van der Waals surface area contributed by atoms with E-state index in [2.05, 4.69) is 0 Å². The molecule has 2 aliphatic heterocycles. The average Bonchev–Trinajstić information content (AvgIpc) is 3.45. The molecule has 2 heterocycles. The highest BCUT2D eigenvalue weighted by atomic mass is 32.2. The van der Waals surface area contributed by atoms with Crippen molar-refractivity contribution >= 4 is 53.4 Å². The number of hydrogen-bond donors (Lipinski definition) is 2. The number of methoxy groups -OCH3 is 1. The normalized spacial score (nSPS) is 21.2. The van der Waals surface area contributed by atoms with Crippen LogP contribution in [-0.4, -0.2) is 92.8 Å². The number of carboxylic acids is 1. The molecule has 54 heavy (non-hydrogen) atoms. The number of benzene rings is 2. The predicted octanol–water partition coefficient (Wildman–Crippen LogP) is 4.99. The van der Waals surface area contributed by atoms with Gasteiger partial charge in [-0.2, -0.15) is 13.0 Å². The first-order chi connectivity index (χ1) is 25.2. The van der Waals surface area contributed by atoms with Gasteiger partial charge >= 0.3 is 5.97 Å². The molecule has 0 fully saturated rings. The van der Waals surface area contributed by atoms with E-state index in [1.165, 1.54) is 24.3 Å². The summed E-state index contributed by atoms with van der Waals surface area (Å²) >= 11 is 0. The maximum atomic E-state index is 12.1. The summed E-state index contributed by atoms with van der Waals surface area (Å²) in [6.07, 6.45) is 11.4. The van der Waals surface area contributed by atoms with Gasteiger partial charge in [-0.15, -0.1) is 0 Å². The molecule has 2 unspecified atom stereocenters. The topological polar surface area (TPSA) is 222 Å². The number of allylic oxidation sites excluding steroid dienone is 6. The number of ether oxygens (including phenoxy) is 1. The Hall–Kier alpha value is -3.71. The van der Waals surface area contributed by atoms with Crippen molar-refractivity contribution in [1.29, 1.82) is 0 Å². The van der Waals surface area contributed by atoms with Gasteiger partial charge in [0, 0.05) is 67.6 Å². The molecular formula is C37H47N2O12S3-. The van der Waals surface area contributed by atoms with Crippen molar-refractivity contribution in [3.05, 3.63) is 83.6 Å². The summed E-state index contributed by atoms with van der Waals surface area (Å²) in [5, 5.41) is 9.08. The van der Waals surface area contributed by atoms with Crippen molar-refractivity contribution in [3.63, 3.8) is 0 Å².